The molecule has 132 valence electrons. The maximum absolute atomic E-state index is 11.2. The zero-order valence-electron chi connectivity index (χ0n) is 14.0. The van der Waals surface area contributed by atoms with E-state index in [0.29, 0.717) is 37.9 Å². The molecule has 2 aromatic rings. The quantitative estimate of drug-likeness (QED) is 0.817. The number of hydrogen-bond donors (Lipinski definition) is 1. The van der Waals surface area contributed by atoms with Crippen molar-refractivity contribution in [1.29, 1.82) is 0 Å². The van der Waals surface area contributed by atoms with Crippen LogP contribution in [0.1, 0.15) is 47.3 Å². The highest BCUT2D eigenvalue weighted by atomic mass is 16.5. The van der Waals surface area contributed by atoms with E-state index in [9.17, 15) is 9.90 Å². The van der Waals surface area contributed by atoms with Gasteiger partial charge < -0.3 is 14.6 Å². The second-order valence-corrected chi connectivity index (χ2v) is 6.78. The molecule has 4 rings (SSSR count). The fourth-order valence-electron chi connectivity index (χ4n) is 3.52. The minimum absolute atomic E-state index is 0.0529. The topological polar surface area (TPSA) is 73.6 Å². The summed E-state index contributed by atoms with van der Waals surface area (Å²) in [5.41, 5.74) is 1.41. The molecule has 6 heteroatoms. The maximum Gasteiger partial charge on any atom is 0.157 e. The number of hydrogen-bond acceptors (Lipinski definition) is 5. The van der Waals surface area contributed by atoms with Crippen LogP contribution in [0.5, 0.6) is 11.5 Å². The van der Waals surface area contributed by atoms with Gasteiger partial charge in [0.25, 0.3) is 0 Å². The molecule has 2 unspecified atom stereocenters. The third-order valence-electron chi connectivity index (χ3n) is 5.09. The van der Waals surface area contributed by atoms with Gasteiger partial charge in [0.2, 0.25) is 0 Å². The number of aldehydes is 1. The largest absolute Gasteiger partial charge is 0.507 e. The van der Waals surface area contributed by atoms with Crippen LogP contribution >= 0.6 is 0 Å². The van der Waals surface area contributed by atoms with E-state index >= 15 is 0 Å². The molecule has 1 N–H and O–H groups in total. The fraction of sp³-hybridized carbons (Fsp3) is 0.474. The molecule has 1 aliphatic heterocycles. The molecule has 1 saturated carbocycles. The molecule has 6 nitrogen and oxygen atoms in total. The highest BCUT2D eigenvalue weighted by Crippen LogP contribution is 2.40. The molecule has 0 amide bonds. The molecular formula is C19H22N2O4. The molecule has 1 aromatic carbocycles. The number of rotatable bonds is 6. The number of carbonyl (C=O) groups is 1. The standard InChI is InChI=1S/C19H22N2O4/c22-10-15-18(23)2-1-3-19(15)25-11-13-7-9-24-12-16(13)17-6-8-20-21(17)14-4-5-14/h1-3,6,8,10,13-14,16,23H,4-5,7,9,11-12H2. The lowest BCUT2D eigenvalue weighted by atomic mass is 9.86. The summed E-state index contributed by atoms with van der Waals surface area (Å²) in [6.07, 6.45) is 5.77. The average Bonchev–Trinajstić information content (AvgIpc) is 3.37. The van der Waals surface area contributed by atoms with E-state index in [0.717, 1.165) is 6.42 Å². The Morgan fingerprint density at radius 2 is 2.20 bits per heavy atom. The predicted octanol–water partition coefficient (Wildman–Crippen LogP) is 2.94. The lowest BCUT2D eigenvalue weighted by molar-refractivity contribution is 0.0275. The van der Waals surface area contributed by atoms with Gasteiger partial charge in [-0.05, 0) is 37.5 Å². The summed E-state index contributed by atoms with van der Waals surface area (Å²) in [5.74, 6) is 0.887. The number of aromatic hydroxyl groups is 1. The first-order valence-electron chi connectivity index (χ1n) is 8.79. The van der Waals surface area contributed by atoms with Crippen molar-refractivity contribution in [3.8, 4) is 11.5 Å². The lowest BCUT2D eigenvalue weighted by Crippen LogP contribution is -2.31. The van der Waals surface area contributed by atoms with Crippen LogP contribution in [0.2, 0.25) is 0 Å². The van der Waals surface area contributed by atoms with Crippen molar-refractivity contribution < 1.29 is 19.4 Å². The second kappa shape index (κ2) is 6.88. The van der Waals surface area contributed by atoms with Gasteiger partial charge in [0.1, 0.15) is 11.5 Å². The number of phenolic OH excluding ortho intramolecular Hbond substituents is 1. The predicted molar refractivity (Wildman–Crippen MR) is 91.2 cm³/mol. The smallest absolute Gasteiger partial charge is 0.157 e. The number of phenols is 1. The maximum atomic E-state index is 11.2. The summed E-state index contributed by atoms with van der Waals surface area (Å²) in [4.78, 5) is 11.2. The minimum Gasteiger partial charge on any atom is -0.507 e. The molecule has 0 radical (unpaired) electrons. The Labute approximate surface area is 146 Å². The third kappa shape index (κ3) is 3.26. The van der Waals surface area contributed by atoms with E-state index in [1.54, 1.807) is 12.1 Å². The third-order valence-corrected chi connectivity index (χ3v) is 5.09. The first kappa shape index (κ1) is 16.1. The number of aromatic nitrogens is 2. The van der Waals surface area contributed by atoms with Crippen LogP contribution < -0.4 is 4.74 Å². The van der Waals surface area contributed by atoms with Gasteiger partial charge in [-0.2, -0.15) is 5.10 Å². The molecule has 2 fully saturated rings. The van der Waals surface area contributed by atoms with Crippen LogP contribution in [0.25, 0.3) is 0 Å². The molecule has 2 aliphatic rings. The van der Waals surface area contributed by atoms with Crippen molar-refractivity contribution in [3.63, 3.8) is 0 Å². The number of carbonyl (C=O) groups excluding carboxylic acids is 1. The molecule has 1 aromatic heterocycles. The summed E-state index contributed by atoms with van der Waals surface area (Å²) in [5, 5.41) is 14.3. The zero-order chi connectivity index (χ0) is 17.2. The summed E-state index contributed by atoms with van der Waals surface area (Å²) < 4.78 is 13.8. The first-order chi connectivity index (χ1) is 12.3. The normalized spacial score (nSPS) is 23.4. The van der Waals surface area contributed by atoms with E-state index < -0.39 is 0 Å². The van der Waals surface area contributed by atoms with Crippen molar-refractivity contribution in [3.05, 3.63) is 41.7 Å². The Kier molecular flexibility index (Phi) is 4.44. The molecule has 0 bridgehead atoms. The van der Waals surface area contributed by atoms with Gasteiger partial charge in [0.05, 0.1) is 24.8 Å². The van der Waals surface area contributed by atoms with E-state index in [-0.39, 0.29) is 23.1 Å². The molecular weight excluding hydrogens is 320 g/mol. The SMILES string of the molecule is O=Cc1c(O)cccc1OCC1CCOCC1c1ccnn1C1CC1. The van der Waals surface area contributed by atoms with Crippen LogP contribution in [-0.2, 0) is 4.74 Å². The van der Waals surface area contributed by atoms with Crippen molar-refractivity contribution in [1.82, 2.24) is 9.78 Å². The Hall–Kier alpha value is -2.34. The summed E-state index contributed by atoms with van der Waals surface area (Å²) in [6.45, 7) is 1.85. The fourth-order valence-corrected chi connectivity index (χ4v) is 3.52. The average molecular weight is 342 g/mol. The van der Waals surface area contributed by atoms with E-state index in [4.69, 9.17) is 9.47 Å². The Balaban J connectivity index is 1.51. The van der Waals surface area contributed by atoms with Gasteiger partial charge in [-0.3, -0.25) is 9.48 Å². The molecule has 1 saturated heterocycles. The molecule has 0 spiro atoms. The zero-order valence-corrected chi connectivity index (χ0v) is 14.0. The highest BCUT2D eigenvalue weighted by molar-refractivity contribution is 5.83. The van der Waals surface area contributed by atoms with Gasteiger partial charge >= 0.3 is 0 Å². The molecule has 25 heavy (non-hydrogen) atoms. The summed E-state index contributed by atoms with van der Waals surface area (Å²) in [6, 6.07) is 7.49. The van der Waals surface area contributed by atoms with Crippen LogP contribution in [0, 0.1) is 5.92 Å². The summed E-state index contributed by atoms with van der Waals surface area (Å²) >= 11 is 0. The van der Waals surface area contributed by atoms with Crippen molar-refractivity contribution in [2.45, 2.75) is 31.2 Å². The lowest BCUT2D eigenvalue weighted by Gasteiger charge is -2.32. The molecule has 1 aliphatic carbocycles. The number of benzene rings is 1. The van der Waals surface area contributed by atoms with Crippen LogP contribution in [0.3, 0.4) is 0 Å². The van der Waals surface area contributed by atoms with Gasteiger partial charge in [-0.1, -0.05) is 6.07 Å². The van der Waals surface area contributed by atoms with Crippen LogP contribution in [0.4, 0.5) is 0 Å². The van der Waals surface area contributed by atoms with Crippen LogP contribution in [0.15, 0.2) is 30.5 Å². The van der Waals surface area contributed by atoms with Gasteiger partial charge in [0.15, 0.2) is 6.29 Å². The van der Waals surface area contributed by atoms with Gasteiger partial charge in [-0.15, -0.1) is 0 Å². The molecule has 2 atom stereocenters. The van der Waals surface area contributed by atoms with Crippen molar-refractivity contribution >= 4 is 6.29 Å². The van der Waals surface area contributed by atoms with E-state index in [2.05, 4.69) is 15.8 Å². The Morgan fingerprint density at radius 3 is 3.00 bits per heavy atom. The van der Waals surface area contributed by atoms with E-state index in [1.807, 2.05) is 6.20 Å². The van der Waals surface area contributed by atoms with Gasteiger partial charge in [0, 0.05) is 30.3 Å². The monoisotopic (exact) mass is 342 g/mol. The van der Waals surface area contributed by atoms with Crippen LogP contribution in [-0.4, -0.2) is 41.0 Å². The number of nitrogens with zero attached hydrogens (tertiary/aromatic N) is 2. The second-order valence-electron chi connectivity index (χ2n) is 6.78. The Morgan fingerprint density at radius 1 is 1.32 bits per heavy atom. The summed E-state index contributed by atoms with van der Waals surface area (Å²) in [7, 11) is 0. The first-order valence-corrected chi connectivity index (χ1v) is 8.79. The Bertz CT molecular complexity index is 754. The van der Waals surface area contributed by atoms with Crippen molar-refractivity contribution in [2.24, 2.45) is 5.92 Å². The number of ether oxygens (including phenoxy) is 2. The van der Waals surface area contributed by atoms with E-state index in [1.165, 1.54) is 24.6 Å². The minimum atomic E-state index is -0.0529. The molecule has 2 heterocycles. The van der Waals surface area contributed by atoms with Crippen molar-refractivity contribution in [2.75, 3.05) is 19.8 Å². The highest BCUT2D eigenvalue weighted by Gasteiger charge is 2.34. The van der Waals surface area contributed by atoms with Gasteiger partial charge in [-0.25, -0.2) is 0 Å².